The van der Waals surface area contributed by atoms with E-state index in [9.17, 15) is 9.18 Å². The van der Waals surface area contributed by atoms with E-state index in [1.807, 2.05) is 24.4 Å². The molecule has 5 nitrogen and oxygen atoms in total. The Morgan fingerprint density at radius 2 is 1.96 bits per heavy atom. The molecule has 3 N–H and O–H groups in total. The number of carbonyl (C=O) groups excluding carboxylic acids is 1. The Hall–Kier alpha value is -2.41. The summed E-state index contributed by atoms with van der Waals surface area (Å²) in [4.78, 5) is 17.0. The van der Waals surface area contributed by atoms with Crippen LogP contribution < -0.4 is 16.0 Å². The third-order valence-electron chi connectivity index (χ3n) is 3.62. The summed E-state index contributed by atoms with van der Waals surface area (Å²) in [5.41, 5.74) is 0.687. The number of guanidine groups is 1. The summed E-state index contributed by atoms with van der Waals surface area (Å²) in [6.45, 7) is 4.52. The van der Waals surface area contributed by atoms with Crippen molar-refractivity contribution in [1.82, 2.24) is 16.0 Å². The van der Waals surface area contributed by atoms with Gasteiger partial charge in [-0.15, -0.1) is 11.3 Å². The van der Waals surface area contributed by atoms with Gasteiger partial charge >= 0.3 is 0 Å². The molecular formula is C19H25FN4OS. The fourth-order valence-corrected chi connectivity index (χ4v) is 2.97. The Morgan fingerprint density at radius 1 is 1.12 bits per heavy atom. The fraction of sp³-hybridized carbons (Fsp3) is 0.368. The molecule has 7 heteroatoms. The first-order valence-corrected chi connectivity index (χ1v) is 9.66. The SMILES string of the molecule is CCNC(=NCCCNC(=O)c1cccs1)NCCc1ccccc1F. The number of nitrogens with one attached hydrogen (secondary N) is 3. The molecule has 0 radical (unpaired) electrons. The van der Waals surface area contributed by atoms with Crippen molar-refractivity contribution in [3.05, 3.63) is 58.0 Å². The second kappa shape index (κ2) is 11.3. The highest BCUT2D eigenvalue weighted by Gasteiger charge is 2.05. The van der Waals surface area contributed by atoms with Crippen LogP contribution in [0.15, 0.2) is 46.8 Å². The second-order valence-electron chi connectivity index (χ2n) is 5.62. The van der Waals surface area contributed by atoms with E-state index < -0.39 is 0 Å². The number of hydrogen-bond acceptors (Lipinski definition) is 3. The number of aliphatic imine (C=N–C) groups is 1. The van der Waals surface area contributed by atoms with Crippen molar-refractivity contribution in [3.63, 3.8) is 0 Å². The molecule has 0 saturated carbocycles. The number of rotatable bonds is 9. The van der Waals surface area contributed by atoms with Gasteiger partial charge in [0.2, 0.25) is 0 Å². The van der Waals surface area contributed by atoms with E-state index in [-0.39, 0.29) is 11.7 Å². The van der Waals surface area contributed by atoms with Gasteiger partial charge in [-0.2, -0.15) is 0 Å². The molecule has 0 atom stereocenters. The monoisotopic (exact) mass is 376 g/mol. The van der Waals surface area contributed by atoms with Crippen molar-refractivity contribution in [1.29, 1.82) is 0 Å². The van der Waals surface area contributed by atoms with E-state index in [0.29, 0.717) is 37.6 Å². The van der Waals surface area contributed by atoms with Crippen LogP contribution in [0.25, 0.3) is 0 Å². The lowest BCUT2D eigenvalue weighted by Crippen LogP contribution is -2.38. The van der Waals surface area contributed by atoms with E-state index in [1.165, 1.54) is 17.4 Å². The molecular weight excluding hydrogens is 351 g/mol. The zero-order valence-corrected chi connectivity index (χ0v) is 15.7. The summed E-state index contributed by atoms with van der Waals surface area (Å²) in [7, 11) is 0. The van der Waals surface area contributed by atoms with Crippen molar-refractivity contribution >= 4 is 23.2 Å². The van der Waals surface area contributed by atoms with Crippen molar-refractivity contribution in [2.45, 2.75) is 19.8 Å². The molecule has 0 saturated heterocycles. The maximum atomic E-state index is 13.6. The van der Waals surface area contributed by atoms with Crippen LogP contribution in [0.4, 0.5) is 4.39 Å². The minimum atomic E-state index is -0.183. The fourth-order valence-electron chi connectivity index (χ4n) is 2.33. The first-order chi connectivity index (χ1) is 12.7. The average molecular weight is 377 g/mol. The van der Waals surface area contributed by atoms with Crippen molar-refractivity contribution in [2.75, 3.05) is 26.2 Å². The van der Waals surface area contributed by atoms with Crippen molar-refractivity contribution in [3.8, 4) is 0 Å². The van der Waals surface area contributed by atoms with Crippen molar-refractivity contribution in [2.24, 2.45) is 4.99 Å². The number of halogens is 1. The average Bonchev–Trinajstić information content (AvgIpc) is 3.17. The lowest BCUT2D eigenvalue weighted by atomic mass is 10.1. The molecule has 2 aromatic rings. The molecule has 1 heterocycles. The van der Waals surface area contributed by atoms with E-state index in [1.54, 1.807) is 18.2 Å². The van der Waals surface area contributed by atoms with Crippen LogP contribution in [0.2, 0.25) is 0 Å². The number of benzene rings is 1. The molecule has 0 aliphatic rings. The van der Waals surface area contributed by atoms with Gasteiger partial charge in [0, 0.05) is 26.2 Å². The summed E-state index contributed by atoms with van der Waals surface area (Å²) in [5.74, 6) is 0.477. The first kappa shape index (κ1) is 19.9. The Bertz CT molecular complexity index is 703. The van der Waals surface area contributed by atoms with Gasteiger partial charge in [-0.1, -0.05) is 24.3 Å². The highest BCUT2D eigenvalue weighted by Crippen LogP contribution is 2.07. The summed E-state index contributed by atoms with van der Waals surface area (Å²) in [6, 6.07) is 10.5. The maximum Gasteiger partial charge on any atom is 0.261 e. The van der Waals surface area contributed by atoms with Crippen LogP contribution in [0.1, 0.15) is 28.6 Å². The molecule has 0 bridgehead atoms. The van der Waals surface area contributed by atoms with Crippen molar-refractivity contribution < 1.29 is 9.18 Å². The highest BCUT2D eigenvalue weighted by molar-refractivity contribution is 7.12. The maximum absolute atomic E-state index is 13.6. The normalized spacial score (nSPS) is 11.2. The van der Waals surface area contributed by atoms with Crippen LogP contribution in [0, 0.1) is 5.82 Å². The molecule has 0 spiro atoms. The third kappa shape index (κ3) is 6.84. The van der Waals surface area contributed by atoms with E-state index in [4.69, 9.17) is 0 Å². The zero-order valence-electron chi connectivity index (χ0n) is 14.9. The predicted molar refractivity (Wildman–Crippen MR) is 105 cm³/mol. The smallest absolute Gasteiger partial charge is 0.261 e. The van der Waals surface area contributed by atoms with E-state index in [2.05, 4.69) is 20.9 Å². The first-order valence-electron chi connectivity index (χ1n) is 8.78. The lowest BCUT2D eigenvalue weighted by molar-refractivity contribution is 0.0957. The predicted octanol–water partition coefficient (Wildman–Crippen LogP) is 2.80. The molecule has 0 unspecified atom stereocenters. The van der Waals surface area contributed by atoms with Crippen LogP contribution in [0.3, 0.4) is 0 Å². The summed E-state index contributed by atoms with van der Waals surface area (Å²) < 4.78 is 13.6. The van der Waals surface area contributed by atoms with Gasteiger partial charge < -0.3 is 16.0 Å². The lowest BCUT2D eigenvalue weighted by Gasteiger charge is -2.11. The van der Waals surface area contributed by atoms with Gasteiger partial charge in [0.15, 0.2) is 5.96 Å². The number of thiophene rings is 1. The molecule has 0 aliphatic carbocycles. The number of carbonyl (C=O) groups is 1. The van der Waals surface area contributed by atoms with Gasteiger partial charge in [-0.25, -0.2) is 4.39 Å². The standard InChI is InChI=1S/C19H25FN4OS/c1-2-21-19(24-13-10-15-7-3-4-8-16(15)20)23-12-6-11-22-18(25)17-9-5-14-26-17/h3-5,7-9,14H,2,6,10-13H2,1H3,(H,22,25)(H2,21,23,24). The van der Waals surface area contributed by atoms with Gasteiger partial charge in [0.25, 0.3) is 5.91 Å². The molecule has 0 fully saturated rings. The Balaban J connectivity index is 1.68. The molecule has 140 valence electrons. The summed E-state index contributed by atoms with van der Waals surface area (Å²) >= 11 is 1.43. The minimum absolute atomic E-state index is 0.0427. The molecule has 1 amide bonds. The molecule has 1 aromatic heterocycles. The van der Waals surface area contributed by atoms with Crippen LogP contribution in [0.5, 0.6) is 0 Å². The number of hydrogen-bond donors (Lipinski definition) is 3. The van der Waals surface area contributed by atoms with E-state index in [0.717, 1.165) is 17.8 Å². The summed E-state index contributed by atoms with van der Waals surface area (Å²) in [6.07, 6.45) is 1.34. The van der Waals surface area contributed by atoms with E-state index >= 15 is 0 Å². The van der Waals surface area contributed by atoms with Crippen LogP contribution >= 0.6 is 11.3 Å². The quantitative estimate of drug-likeness (QED) is 0.358. The summed E-state index contributed by atoms with van der Waals surface area (Å²) in [5, 5.41) is 11.1. The topological polar surface area (TPSA) is 65.5 Å². The molecule has 0 aliphatic heterocycles. The molecule has 2 rings (SSSR count). The third-order valence-corrected chi connectivity index (χ3v) is 4.49. The van der Waals surface area contributed by atoms with Gasteiger partial charge in [0.05, 0.1) is 4.88 Å². The van der Waals surface area contributed by atoms with Gasteiger partial charge in [0.1, 0.15) is 5.82 Å². The largest absolute Gasteiger partial charge is 0.357 e. The second-order valence-corrected chi connectivity index (χ2v) is 6.56. The molecule has 26 heavy (non-hydrogen) atoms. The zero-order chi connectivity index (χ0) is 18.6. The van der Waals surface area contributed by atoms with Crippen LogP contribution in [-0.2, 0) is 6.42 Å². The van der Waals surface area contributed by atoms with Crippen LogP contribution in [-0.4, -0.2) is 38.0 Å². The van der Waals surface area contributed by atoms with Gasteiger partial charge in [-0.05, 0) is 42.8 Å². The Kier molecular flexibility index (Phi) is 8.62. The number of nitrogens with zero attached hydrogens (tertiary/aromatic N) is 1. The van der Waals surface area contributed by atoms with Gasteiger partial charge in [-0.3, -0.25) is 9.79 Å². The highest BCUT2D eigenvalue weighted by atomic mass is 32.1. The number of amides is 1. The minimum Gasteiger partial charge on any atom is -0.357 e. The Morgan fingerprint density at radius 3 is 2.69 bits per heavy atom. The molecule has 1 aromatic carbocycles. The Labute approximate surface area is 157 Å².